The summed E-state index contributed by atoms with van der Waals surface area (Å²) in [5.74, 6) is -0.869. The second-order valence-electron chi connectivity index (χ2n) is 6.51. The molecule has 0 aliphatic carbocycles. The normalized spacial score (nSPS) is 10.6. The zero-order chi connectivity index (χ0) is 21.2. The van der Waals surface area contributed by atoms with Gasteiger partial charge in [-0.25, -0.2) is 5.43 Å². The highest BCUT2D eigenvalue weighted by Crippen LogP contribution is 2.15. The van der Waals surface area contributed by atoms with Gasteiger partial charge in [-0.2, -0.15) is 5.10 Å². The Morgan fingerprint density at radius 2 is 1.60 bits per heavy atom. The quantitative estimate of drug-likeness (QED) is 0.358. The average molecular weight is 401 g/mol. The van der Waals surface area contributed by atoms with E-state index in [-0.39, 0.29) is 0 Å². The van der Waals surface area contributed by atoms with Gasteiger partial charge in [-0.3, -0.25) is 9.59 Å². The molecule has 0 heterocycles. The van der Waals surface area contributed by atoms with Gasteiger partial charge in [-0.1, -0.05) is 55.5 Å². The Morgan fingerprint density at radius 1 is 0.900 bits per heavy atom. The molecular weight excluding hydrogens is 378 g/mol. The summed E-state index contributed by atoms with van der Waals surface area (Å²) >= 11 is 0. The standard InChI is InChI=1S/C24H23N3O3/c1-2-20-10-6-7-11-22(20)26-23(28)24(29)27-25-16-18-12-14-21(15-13-18)30-17-19-8-4-3-5-9-19/h3-16H,2,17H2,1H3,(H,26,28)(H,27,29)/b25-16-. The van der Waals surface area contributed by atoms with Gasteiger partial charge < -0.3 is 10.1 Å². The molecule has 6 nitrogen and oxygen atoms in total. The van der Waals surface area contributed by atoms with Crippen LogP contribution in [0.1, 0.15) is 23.6 Å². The number of anilines is 1. The van der Waals surface area contributed by atoms with E-state index >= 15 is 0 Å². The predicted molar refractivity (Wildman–Crippen MR) is 117 cm³/mol. The second-order valence-corrected chi connectivity index (χ2v) is 6.51. The molecule has 0 radical (unpaired) electrons. The summed E-state index contributed by atoms with van der Waals surface area (Å²) in [7, 11) is 0. The van der Waals surface area contributed by atoms with Crippen molar-refractivity contribution >= 4 is 23.7 Å². The number of amides is 2. The van der Waals surface area contributed by atoms with Gasteiger partial charge >= 0.3 is 11.8 Å². The van der Waals surface area contributed by atoms with Crippen LogP contribution >= 0.6 is 0 Å². The number of nitrogens with zero attached hydrogens (tertiary/aromatic N) is 1. The van der Waals surface area contributed by atoms with Gasteiger partial charge in [0.25, 0.3) is 0 Å². The number of para-hydroxylation sites is 1. The maximum absolute atomic E-state index is 12.0. The molecule has 2 amide bonds. The molecule has 0 fully saturated rings. The van der Waals surface area contributed by atoms with Crippen LogP contribution in [0.4, 0.5) is 5.69 Å². The Kier molecular flexibility index (Phi) is 7.33. The fourth-order valence-electron chi connectivity index (χ4n) is 2.74. The van der Waals surface area contributed by atoms with Crippen molar-refractivity contribution in [2.24, 2.45) is 5.10 Å². The minimum atomic E-state index is -0.833. The molecule has 0 aliphatic heterocycles. The summed E-state index contributed by atoms with van der Waals surface area (Å²) in [6, 6.07) is 24.5. The van der Waals surface area contributed by atoms with E-state index in [9.17, 15) is 9.59 Å². The summed E-state index contributed by atoms with van der Waals surface area (Å²) in [6.45, 7) is 2.47. The number of ether oxygens (including phenoxy) is 1. The van der Waals surface area contributed by atoms with E-state index < -0.39 is 11.8 Å². The summed E-state index contributed by atoms with van der Waals surface area (Å²) in [6.07, 6.45) is 2.22. The number of hydrogen-bond donors (Lipinski definition) is 2. The van der Waals surface area contributed by atoms with E-state index in [4.69, 9.17) is 4.74 Å². The lowest BCUT2D eigenvalue weighted by molar-refractivity contribution is -0.136. The highest BCUT2D eigenvalue weighted by molar-refractivity contribution is 6.39. The zero-order valence-electron chi connectivity index (χ0n) is 16.7. The van der Waals surface area contributed by atoms with Crippen molar-refractivity contribution < 1.29 is 14.3 Å². The van der Waals surface area contributed by atoms with Crippen LogP contribution in [0.15, 0.2) is 84.0 Å². The zero-order valence-corrected chi connectivity index (χ0v) is 16.7. The van der Waals surface area contributed by atoms with Crippen molar-refractivity contribution in [2.75, 3.05) is 5.32 Å². The van der Waals surface area contributed by atoms with Gasteiger partial charge in [0.1, 0.15) is 12.4 Å². The van der Waals surface area contributed by atoms with E-state index in [1.807, 2.05) is 73.7 Å². The Morgan fingerprint density at radius 3 is 2.33 bits per heavy atom. The number of carbonyl (C=O) groups is 2. The molecule has 0 saturated carbocycles. The highest BCUT2D eigenvalue weighted by Gasteiger charge is 2.14. The van der Waals surface area contributed by atoms with Gasteiger partial charge in [0.2, 0.25) is 0 Å². The van der Waals surface area contributed by atoms with Gasteiger partial charge in [-0.05, 0) is 53.4 Å². The maximum Gasteiger partial charge on any atom is 0.329 e. The first-order chi connectivity index (χ1) is 14.7. The molecule has 0 aromatic heterocycles. The van der Waals surface area contributed by atoms with Crippen LogP contribution in [0, 0.1) is 0 Å². The monoisotopic (exact) mass is 401 g/mol. The summed E-state index contributed by atoms with van der Waals surface area (Å²) < 4.78 is 5.73. The number of hydrazone groups is 1. The molecule has 3 aromatic carbocycles. The van der Waals surface area contributed by atoms with E-state index in [1.165, 1.54) is 6.21 Å². The Bertz CT molecular complexity index is 1020. The molecular formula is C24H23N3O3. The highest BCUT2D eigenvalue weighted by atomic mass is 16.5. The largest absolute Gasteiger partial charge is 0.489 e. The number of rotatable bonds is 7. The Hall–Kier alpha value is -3.93. The van der Waals surface area contributed by atoms with Crippen LogP contribution in [-0.2, 0) is 22.6 Å². The van der Waals surface area contributed by atoms with Gasteiger partial charge in [-0.15, -0.1) is 0 Å². The topological polar surface area (TPSA) is 79.8 Å². The predicted octanol–water partition coefficient (Wildman–Crippen LogP) is 3.92. The molecule has 3 aromatic rings. The third-order valence-corrected chi connectivity index (χ3v) is 4.36. The number of benzene rings is 3. The average Bonchev–Trinajstić information content (AvgIpc) is 2.79. The van der Waals surface area contributed by atoms with E-state index in [1.54, 1.807) is 12.1 Å². The minimum Gasteiger partial charge on any atom is -0.489 e. The van der Waals surface area contributed by atoms with Crippen LogP contribution in [0.3, 0.4) is 0 Å². The van der Waals surface area contributed by atoms with E-state index in [2.05, 4.69) is 15.8 Å². The molecule has 152 valence electrons. The van der Waals surface area contributed by atoms with Crippen LogP contribution in [-0.4, -0.2) is 18.0 Å². The lowest BCUT2D eigenvalue weighted by Crippen LogP contribution is -2.32. The summed E-state index contributed by atoms with van der Waals surface area (Å²) in [5, 5.41) is 6.45. The van der Waals surface area contributed by atoms with Crippen molar-refractivity contribution in [3.05, 3.63) is 95.6 Å². The van der Waals surface area contributed by atoms with Gasteiger partial charge in [0.05, 0.1) is 6.21 Å². The van der Waals surface area contributed by atoms with Crippen molar-refractivity contribution in [2.45, 2.75) is 20.0 Å². The maximum atomic E-state index is 12.0. The first-order valence-corrected chi connectivity index (χ1v) is 9.65. The van der Waals surface area contributed by atoms with Crippen LogP contribution < -0.4 is 15.5 Å². The van der Waals surface area contributed by atoms with Crippen molar-refractivity contribution in [1.29, 1.82) is 0 Å². The van der Waals surface area contributed by atoms with Gasteiger partial charge in [0.15, 0.2) is 0 Å². The number of carbonyl (C=O) groups excluding carboxylic acids is 2. The van der Waals surface area contributed by atoms with Crippen molar-refractivity contribution in [1.82, 2.24) is 5.43 Å². The third-order valence-electron chi connectivity index (χ3n) is 4.36. The molecule has 3 rings (SSSR count). The fourth-order valence-corrected chi connectivity index (χ4v) is 2.74. The first kappa shape index (κ1) is 20.8. The number of hydrogen-bond acceptors (Lipinski definition) is 4. The molecule has 6 heteroatoms. The SMILES string of the molecule is CCc1ccccc1NC(=O)C(=O)N/N=C\c1ccc(OCc2ccccc2)cc1. The summed E-state index contributed by atoms with van der Waals surface area (Å²) in [4.78, 5) is 24.0. The molecule has 0 aliphatic rings. The number of nitrogens with one attached hydrogen (secondary N) is 2. The molecule has 0 spiro atoms. The van der Waals surface area contributed by atoms with Crippen molar-refractivity contribution in [3.63, 3.8) is 0 Å². The second kappa shape index (κ2) is 10.6. The van der Waals surface area contributed by atoms with Crippen LogP contribution in [0.5, 0.6) is 5.75 Å². The Labute approximate surface area is 175 Å². The molecule has 0 saturated heterocycles. The smallest absolute Gasteiger partial charge is 0.329 e. The first-order valence-electron chi connectivity index (χ1n) is 9.65. The Balaban J connectivity index is 1.48. The number of aryl methyl sites for hydroxylation is 1. The lowest BCUT2D eigenvalue weighted by Gasteiger charge is -2.08. The third kappa shape index (κ3) is 6.04. The van der Waals surface area contributed by atoms with Crippen LogP contribution in [0.25, 0.3) is 0 Å². The fraction of sp³-hybridized carbons (Fsp3) is 0.125. The molecule has 0 bridgehead atoms. The van der Waals surface area contributed by atoms with E-state index in [0.717, 1.165) is 28.9 Å². The van der Waals surface area contributed by atoms with Crippen molar-refractivity contribution in [3.8, 4) is 5.75 Å². The van der Waals surface area contributed by atoms with Crippen LogP contribution in [0.2, 0.25) is 0 Å². The molecule has 0 unspecified atom stereocenters. The summed E-state index contributed by atoms with van der Waals surface area (Å²) in [5.41, 5.74) is 5.66. The molecule has 30 heavy (non-hydrogen) atoms. The van der Waals surface area contributed by atoms with Gasteiger partial charge in [0, 0.05) is 5.69 Å². The lowest BCUT2D eigenvalue weighted by atomic mass is 10.1. The molecule has 2 N–H and O–H groups in total. The minimum absolute atomic E-state index is 0.487. The molecule has 0 atom stereocenters. The van der Waals surface area contributed by atoms with E-state index in [0.29, 0.717) is 12.3 Å².